The zero-order valence-corrected chi connectivity index (χ0v) is 14.6. The number of hydrogen-bond donors (Lipinski definition) is 0. The molecule has 3 heteroatoms. The summed E-state index contributed by atoms with van der Waals surface area (Å²) in [6.07, 6.45) is 0. The minimum absolute atomic E-state index is 0.733. The van der Waals surface area contributed by atoms with E-state index < -0.39 is 0 Å². The molecule has 24 heavy (non-hydrogen) atoms. The van der Waals surface area contributed by atoms with Crippen LogP contribution in [0.3, 0.4) is 0 Å². The molecule has 0 atom stereocenters. The molecular weight excluding hydrogens is 294 g/mol. The van der Waals surface area contributed by atoms with Gasteiger partial charge in [-0.1, -0.05) is 35.9 Å². The molecule has 3 nitrogen and oxygen atoms in total. The van der Waals surface area contributed by atoms with E-state index in [0.29, 0.717) is 0 Å². The van der Waals surface area contributed by atoms with E-state index in [0.717, 1.165) is 44.8 Å². The van der Waals surface area contributed by atoms with Crippen molar-refractivity contribution in [2.24, 2.45) is 0 Å². The second-order valence-corrected chi connectivity index (χ2v) is 6.79. The van der Waals surface area contributed by atoms with E-state index in [1.54, 1.807) is 0 Å². The number of hydrogen-bond acceptors (Lipinski definition) is 3. The van der Waals surface area contributed by atoms with Gasteiger partial charge in [-0.3, -0.25) is 9.80 Å². The highest BCUT2D eigenvalue weighted by Crippen LogP contribution is 2.16. The van der Waals surface area contributed by atoms with Crippen molar-refractivity contribution in [1.29, 1.82) is 5.26 Å². The van der Waals surface area contributed by atoms with Gasteiger partial charge in [0.05, 0.1) is 11.6 Å². The van der Waals surface area contributed by atoms with Crippen molar-refractivity contribution in [2.45, 2.75) is 26.9 Å². The summed E-state index contributed by atoms with van der Waals surface area (Å²) in [4.78, 5) is 5.05. The molecular formula is C21H25N3. The molecule has 0 aromatic heterocycles. The summed E-state index contributed by atoms with van der Waals surface area (Å²) < 4.78 is 0. The summed E-state index contributed by atoms with van der Waals surface area (Å²) in [5, 5.41) is 8.87. The summed E-state index contributed by atoms with van der Waals surface area (Å²) in [7, 11) is 0. The van der Waals surface area contributed by atoms with E-state index in [1.165, 1.54) is 22.3 Å². The fourth-order valence-corrected chi connectivity index (χ4v) is 3.26. The average Bonchev–Trinajstić information content (AvgIpc) is 2.60. The second kappa shape index (κ2) is 7.61. The largest absolute Gasteiger partial charge is 0.297 e. The van der Waals surface area contributed by atoms with E-state index in [2.05, 4.69) is 60.0 Å². The van der Waals surface area contributed by atoms with Crippen LogP contribution in [0.5, 0.6) is 0 Å². The first-order valence-electron chi connectivity index (χ1n) is 8.64. The SMILES string of the molecule is Cc1ccc(C)c(CN2CCN(Cc3ccc(C#N)cc3)CC2)c1. The van der Waals surface area contributed by atoms with Gasteiger partial charge in [0.25, 0.3) is 0 Å². The van der Waals surface area contributed by atoms with Gasteiger partial charge in [0.2, 0.25) is 0 Å². The zero-order valence-electron chi connectivity index (χ0n) is 14.6. The quantitative estimate of drug-likeness (QED) is 0.864. The topological polar surface area (TPSA) is 30.3 Å². The molecule has 2 aromatic rings. The molecule has 0 saturated carbocycles. The van der Waals surface area contributed by atoms with Gasteiger partial charge in [-0.25, -0.2) is 0 Å². The Morgan fingerprint density at radius 1 is 0.875 bits per heavy atom. The van der Waals surface area contributed by atoms with Crippen LogP contribution < -0.4 is 0 Å². The van der Waals surface area contributed by atoms with E-state index in [1.807, 2.05) is 12.1 Å². The normalized spacial score (nSPS) is 16.0. The molecule has 0 amide bonds. The maximum atomic E-state index is 8.87. The van der Waals surface area contributed by atoms with Crippen LogP contribution in [0.4, 0.5) is 0 Å². The van der Waals surface area contributed by atoms with Gasteiger partial charge in [0.15, 0.2) is 0 Å². The highest BCUT2D eigenvalue weighted by molar-refractivity contribution is 5.32. The van der Waals surface area contributed by atoms with Crippen LogP contribution in [0.15, 0.2) is 42.5 Å². The second-order valence-electron chi connectivity index (χ2n) is 6.79. The van der Waals surface area contributed by atoms with E-state index >= 15 is 0 Å². The Hall–Kier alpha value is -2.15. The smallest absolute Gasteiger partial charge is 0.0991 e. The molecule has 0 spiro atoms. The molecule has 2 aromatic carbocycles. The third-order valence-corrected chi connectivity index (χ3v) is 4.85. The maximum absolute atomic E-state index is 8.87. The van der Waals surface area contributed by atoms with E-state index in [-0.39, 0.29) is 0 Å². The summed E-state index contributed by atoms with van der Waals surface area (Å²) >= 11 is 0. The first-order valence-corrected chi connectivity index (χ1v) is 8.64. The highest BCUT2D eigenvalue weighted by Gasteiger charge is 2.17. The molecule has 0 N–H and O–H groups in total. The van der Waals surface area contributed by atoms with Gasteiger partial charge >= 0.3 is 0 Å². The monoisotopic (exact) mass is 319 g/mol. The lowest BCUT2D eigenvalue weighted by Crippen LogP contribution is -2.45. The van der Waals surface area contributed by atoms with Gasteiger partial charge in [-0.2, -0.15) is 5.26 Å². The Labute approximate surface area is 145 Å². The molecule has 1 aliphatic rings. The van der Waals surface area contributed by atoms with Gasteiger partial charge < -0.3 is 0 Å². The van der Waals surface area contributed by atoms with Crippen LogP contribution in [-0.4, -0.2) is 36.0 Å². The number of benzene rings is 2. The molecule has 1 heterocycles. The van der Waals surface area contributed by atoms with Crippen LogP contribution in [0.1, 0.15) is 27.8 Å². The van der Waals surface area contributed by atoms with E-state index in [4.69, 9.17) is 5.26 Å². The highest BCUT2D eigenvalue weighted by atomic mass is 15.3. The molecule has 3 rings (SSSR count). The summed E-state index contributed by atoms with van der Waals surface area (Å²) in [6, 6.07) is 16.9. The Kier molecular flexibility index (Phi) is 5.30. The fraction of sp³-hybridized carbons (Fsp3) is 0.381. The third kappa shape index (κ3) is 4.23. The predicted octanol–water partition coefficient (Wildman–Crippen LogP) is 3.49. The molecule has 1 saturated heterocycles. The first kappa shape index (κ1) is 16.7. The van der Waals surface area contributed by atoms with Crippen LogP contribution in [0, 0.1) is 25.2 Å². The van der Waals surface area contributed by atoms with Crippen LogP contribution in [0.25, 0.3) is 0 Å². The lowest BCUT2D eigenvalue weighted by atomic mass is 10.0. The van der Waals surface area contributed by atoms with Crippen molar-refractivity contribution in [3.8, 4) is 6.07 Å². The van der Waals surface area contributed by atoms with Gasteiger partial charge in [-0.05, 0) is 42.7 Å². The first-order chi connectivity index (χ1) is 11.6. The number of aryl methyl sites for hydroxylation is 2. The van der Waals surface area contributed by atoms with Crippen molar-refractivity contribution in [3.05, 3.63) is 70.3 Å². The summed E-state index contributed by atoms with van der Waals surface area (Å²) in [5.74, 6) is 0. The molecule has 0 unspecified atom stereocenters. The maximum Gasteiger partial charge on any atom is 0.0991 e. The number of piperazine rings is 1. The third-order valence-electron chi connectivity index (χ3n) is 4.85. The van der Waals surface area contributed by atoms with Crippen LogP contribution >= 0.6 is 0 Å². The standard InChI is InChI=1S/C21H25N3/c1-17-3-4-18(2)21(13-17)16-24-11-9-23(10-12-24)15-20-7-5-19(14-22)6-8-20/h3-8,13H,9-12,15-16H2,1-2H3. The Bertz CT molecular complexity index is 720. The van der Waals surface area contributed by atoms with Crippen molar-refractivity contribution in [2.75, 3.05) is 26.2 Å². The van der Waals surface area contributed by atoms with Crippen molar-refractivity contribution in [1.82, 2.24) is 9.80 Å². The minimum atomic E-state index is 0.733. The molecule has 1 fully saturated rings. The molecule has 0 aliphatic carbocycles. The molecule has 0 bridgehead atoms. The van der Waals surface area contributed by atoms with Crippen molar-refractivity contribution < 1.29 is 0 Å². The van der Waals surface area contributed by atoms with Gasteiger partial charge in [0.1, 0.15) is 0 Å². The zero-order chi connectivity index (χ0) is 16.9. The Morgan fingerprint density at radius 3 is 2.12 bits per heavy atom. The molecule has 124 valence electrons. The van der Waals surface area contributed by atoms with Crippen LogP contribution in [0.2, 0.25) is 0 Å². The van der Waals surface area contributed by atoms with Gasteiger partial charge in [-0.15, -0.1) is 0 Å². The van der Waals surface area contributed by atoms with Gasteiger partial charge in [0, 0.05) is 39.3 Å². The Balaban J connectivity index is 1.52. The molecule has 0 radical (unpaired) electrons. The minimum Gasteiger partial charge on any atom is -0.297 e. The fourth-order valence-electron chi connectivity index (χ4n) is 3.26. The summed E-state index contributed by atoms with van der Waals surface area (Å²) in [6.45, 7) is 10.8. The average molecular weight is 319 g/mol. The molecule has 1 aliphatic heterocycles. The predicted molar refractivity (Wildman–Crippen MR) is 97.6 cm³/mol. The van der Waals surface area contributed by atoms with Crippen molar-refractivity contribution in [3.63, 3.8) is 0 Å². The lowest BCUT2D eigenvalue weighted by Gasteiger charge is -2.35. The van der Waals surface area contributed by atoms with Crippen LogP contribution in [-0.2, 0) is 13.1 Å². The van der Waals surface area contributed by atoms with E-state index in [9.17, 15) is 0 Å². The summed E-state index contributed by atoms with van der Waals surface area (Å²) in [5.41, 5.74) is 6.21. The van der Waals surface area contributed by atoms with Crippen molar-refractivity contribution >= 4 is 0 Å². The Morgan fingerprint density at radius 2 is 1.50 bits per heavy atom. The number of nitrogens with zero attached hydrogens (tertiary/aromatic N) is 3. The number of nitriles is 1. The number of rotatable bonds is 4. The lowest BCUT2D eigenvalue weighted by molar-refractivity contribution is 0.122.